The Morgan fingerprint density at radius 2 is 1.86 bits per heavy atom. The normalized spacial score (nSPS) is 10.8. The van der Waals surface area contributed by atoms with Crippen LogP contribution >= 0.6 is 11.6 Å². The van der Waals surface area contributed by atoms with E-state index in [1.54, 1.807) is 43.5 Å². The summed E-state index contributed by atoms with van der Waals surface area (Å²) in [6, 6.07) is 14.0. The first-order valence-corrected chi connectivity index (χ1v) is 9.09. The molecule has 0 aliphatic carbocycles. The summed E-state index contributed by atoms with van der Waals surface area (Å²) in [5.74, 6) is 0.256. The van der Waals surface area contributed by atoms with Gasteiger partial charge in [-0.2, -0.15) is 5.10 Å². The molecule has 1 heterocycles. The highest BCUT2D eigenvalue weighted by molar-refractivity contribution is 6.30. The summed E-state index contributed by atoms with van der Waals surface area (Å²) in [5, 5.41) is 9.02. The van der Waals surface area contributed by atoms with Crippen LogP contribution in [0.15, 0.2) is 53.3 Å². The second-order valence-electron chi connectivity index (χ2n) is 6.03. The fourth-order valence-corrected chi connectivity index (χ4v) is 2.80. The maximum absolute atomic E-state index is 12.5. The zero-order valence-corrected chi connectivity index (χ0v) is 16.1. The number of nitrogens with zero attached hydrogens (tertiary/aromatic N) is 2. The summed E-state index contributed by atoms with van der Waals surface area (Å²) in [7, 11) is 1.56. The third kappa shape index (κ3) is 4.88. The number of amides is 1. The summed E-state index contributed by atoms with van der Waals surface area (Å²) in [6.07, 6.45) is 0. The molecule has 0 bridgehead atoms. The quantitative estimate of drug-likeness (QED) is 0.626. The van der Waals surface area contributed by atoms with Crippen LogP contribution in [0.3, 0.4) is 0 Å². The predicted molar refractivity (Wildman–Crippen MR) is 107 cm³/mol. The Labute approximate surface area is 166 Å². The topological polar surface area (TPSA) is 82.4 Å². The number of hydrogen-bond donors (Lipinski definition) is 1. The number of methoxy groups -OCH3 is 1. The van der Waals surface area contributed by atoms with Crippen molar-refractivity contribution in [2.75, 3.05) is 20.3 Å². The first-order chi connectivity index (χ1) is 13.6. The van der Waals surface area contributed by atoms with Crippen molar-refractivity contribution < 1.29 is 14.3 Å². The van der Waals surface area contributed by atoms with Crippen molar-refractivity contribution >= 4 is 28.3 Å². The molecule has 0 spiro atoms. The molecule has 146 valence electrons. The first-order valence-electron chi connectivity index (χ1n) is 8.71. The SMILES string of the molecule is COCCn1nc(CNC(=O)COc2ccc(Cl)cc2)c2ccccc2c1=O. The second kappa shape index (κ2) is 9.34. The van der Waals surface area contributed by atoms with Crippen molar-refractivity contribution in [1.82, 2.24) is 15.1 Å². The molecule has 1 aromatic heterocycles. The molecule has 0 aliphatic heterocycles. The minimum atomic E-state index is -0.296. The van der Waals surface area contributed by atoms with Gasteiger partial charge in [-0.1, -0.05) is 29.8 Å². The Balaban J connectivity index is 1.70. The summed E-state index contributed by atoms with van der Waals surface area (Å²) >= 11 is 5.82. The van der Waals surface area contributed by atoms with Crippen LogP contribution in [0, 0.1) is 0 Å². The summed E-state index contributed by atoms with van der Waals surface area (Å²) in [6.45, 7) is 0.742. The van der Waals surface area contributed by atoms with Crippen LogP contribution in [0.5, 0.6) is 5.75 Å². The van der Waals surface area contributed by atoms with Crippen LogP contribution in [0.1, 0.15) is 5.69 Å². The van der Waals surface area contributed by atoms with Crippen molar-refractivity contribution in [3.8, 4) is 5.75 Å². The van der Waals surface area contributed by atoms with Crippen molar-refractivity contribution in [2.45, 2.75) is 13.1 Å². The fraction of sp³-hybridized carbons (Fsp3) is 0.250. The lowest BCUT2D eigenvalue weighted by Crippen LogP contribution is -2.31. The van der Waals surface area contributed by atoms with Gasteiger partial charge in [-0.15, -0.1) is 0 Å². The maximum Gasteiger partial charge on any atom is 0.274 e. The number of benzene rings is 2. The van der Waals surface area contributed by atoms with E-state index >= 15 is 0 Å². The van der Waals surface area contributed by atoms with Gasteiger partial charge in [-0.25, -0.2) is 4.68 Å². The third-order valence-corrected chi connectivity index (χ3v) is 4.34. The highest BCUT2D eigenvalue weighted by Crippen LogP contribution is 2.15. The second-order valence-corrected chi connectivity index (χ2v) is 6.47. The van der Waals surface area contributed by atoms with E-state index in [9.17, 15) is 9.59 Å². The largest absolute Gasteiger partial charge is 0.484 e. The molecule has 0 unspecified atom stereocenters. The minimum absolute atomic E-state index is 0.136. The minimum Gasteiger partial charge on any atom is -0.484 e. The van der Waals surface area contributed by atoms with Gasteiger partial charge >= 0.3 is 0 Å². The predicted octanol–water partition coefficient (Wildman–Crippen LogP) is 2.39. The molecule has 0 saturated heterocycles. The molecule has 1 amide bonds. The first kappa shape index (κ1) is 19.9. The molecule has 1 N–H and O–H groups in total. The number of ether oxygens (including phenoxy) is 2. The lowest BCUT2D eigenvalue weighted by Gasteiger charge is -2.12. The molecule has 28 heavy (non-hydrogen) atoms. The molecule has 0 aliphatic rings. The molecule has 7 nitrogen and oxygen atoms in total. The van der Waals surface area contributed by atoms with E-state index in [0.717, 1.165) is 0 Å². The van der Waals surface area contributed by atoms with E-state index in [0.29, 0.717) is 40.4 Å². The lowest BCUT2D eigenvalue weighted by molar-refractivity contribution is -0.123. The molecular formula is C20H20ClN3O4. The van der Waals surface area contributed by atoms with Gasteiger partial charge in [0, 0.05) is 17.5 Å². The van der Waals surface area contributed by atoms with E-state index in [1.165, 1.54) is 4.68 Å². The summed E-state index contributed by atoms with van der Waals surface area (Å²) < 4.78 is 11.8. The standard InChI is InChI=1S/C20H20ClN3O4/c1-27-11-10-24-20(26)17-5-3-2-4-16(17)18(23-24)12-22-19(25)13-28-15-8-6-14(21)7-9-15/h2-9H,10-13H2,1H3,(H,22,25). The molecule has 3 aromatic rings. The zero-order valence-electron chi connectivity index (χ0n) is 15.4. The number of halogens is 1. The Morgan fingerprint density at radius 3 is 2.57 bits per heavy atom. The van der Waals surface area contributed by atoms with Gasteiger partial charge in [0.05, 0.1) is 30.8 Å². The van der Waals surface area contributed by atoms with Crippen molar-refractivity contribution in [1.29, 1.82) is 0 Å². The van der Waals surface area contributed by atoms with E-state index in [-0.39, 0.29) is 24.6 Å². The van der Waals surface area contributed by atoms with Crippen LogP contribution in [0.25, 0.3) is 10.8 Å². The van der Waals surface area contributed by atoms with Crippen LogP contribution in [0.4, 0.5) is 0 Å². The van der Waals surface area contributed by atoms with E-state index in [1.807, 2.05) is 12.1 Å². The van der Waals surface area contributed by atoms with Gasteiger partial charge in [0.15, 0.2) is 6.61 Å². The molecule has 2 aromatic carbocycles. The molecule has 0 fully saturated rings. The van der Waals surface area contributed by atoms with Crippen molar-refractivity contribution in [2.24, 2.45) is 0 Å². The van der Waals surface area contributed by atoms with Crippen molar-refractivity contribution in [3.05, 3.63) is 69.6 Å². The van der Waals surface area contributed by atoms with Gasteiger partial charge in [-0.3, -0.25) is 9.59 Å². The zero-order chi connectivity index (χ0) is 19.9. The Morgan fingerprint density at radius 1 is 1.14 bits per heavy atom. The maximum atomic E-state index is 12.5. The molecule has 0 saturated carbocycles. The molecule has 8 heteroatoms. The lowest BCUT2D eigenvalue weighted by atomic mass is 10.1. The average Bonchev–Trinajstić information content (AvgIpc) is 2.72. The highest BCUT2D eigenvalue weighted by Gasteiger charge is 2.11. The number of nitrogens with one attached hydrogen (secondary N) is 1. The molecule has 3 rings (SSSR count). The Kier molecular flexibility index (Phi) is 6.62. The Hall–Kier alpha value is -2.90. The van der Waals surface area contributed by atoms with Gasteiger partial charge in [0.2, 0.25) is 0 Å². The van der Waals surface area contributed by atoms with Crippen LogP contribution in [-0.2, 0) is 22.6 Å². The van der Waals surface area contributed by atoms with E-state index < -0.39 is 0 Å². The summed E-state index contributed by atoms with van der Waals surface area (Å²) in [5.41, 5.74) is 0.417. The van der Waals surface area contributed by atoms with Crippen LogP contribution < -0.4 is 15.6 Å². The number of aromatic nitrogens is 2. The van der Waals surface area contributed by atoms with Crippen LogP contribution in [0.2, 0.25) is 5.02 Å². The number of rotatable bonds is 8. The summed E-state index contributed by atoms with van der Waals surface area (Å²) in [4.78, 5) is 24.7. The molecule has 0 radical (unpaired) electrons. The van der Waals surface area contributed by atoms with Gasteiger partial charge in [0.25, 0.3) is 11.5 Å². The van der Waals surface area contributed by atoms with E-state index in [2.05, 4.69) is 10.4 Å². The van der Waals surface area contributed by atoms with Gasteiger partial charge in [-0.05, 0) is 30.3 Å². The monoisotopic (exact) mass is 401 g/mol. The fourth-order valence-electron chi connectivity index (χ4n) is 2.68. The molecular weight excluding hydrogens is 382 g/mol. The van der Waals surface area contributed by atoms with E-state index in [4.69, 9.17) is 21.1 Å². The van der Waals surface area contributed by atoms with Crippen molar-refractivity contribution in [3.63, 3.8) is 0 Å². The Bertz CT molecular complexity index is 1020. The third-order valence-electron chi connectivity index (χ3n) is 4.09. The molecule has 0 atom stereocenters. The number of fused-ring (bicyclic) bond motifs is 1. The van der Waals surface area contributed by atoms with Gasteiger partial charge in [0.1, 0.15) is 5.75 Å². The number of hydrogen-bond acceptors (Lipinski definition) is 5. The number of carbonyl (C=O) groups excluding carboxylic acids is 1. The average molecular weight is 402 g/mol. The van der Waals surface area contributed by atoms with Crippen LogP contribution in [-0.4, -0.2) is 36.0 Å². The smallest absolute Gasteiger partial charge is 0.274 e. The highest BCUT2D eigenvalue weighted by atomic mass is 35.5. The van der Waals surface area contributed by atoms with Gasteiger partial charge < -0.3 is 14.8 Å². The number of carbonyl (C=O) groups is 1.